The van der Waals surface area contributed by atoms with Gasteiger partial charge in [-0.3, -0.25) is 4.79 Å². The summed E-state index contributed by atoms with van der Waals surface area (Å²) in [6.45, 7) is 3.83. The molecule has 0 bridgehead atoms. The molecule has 0 unspecified atom stereocenters. The van der Waals surface area contributed by atoms with E-state index in [9.17, 15) is 4.79 Å². The van der Waals surface area contributed by atoms with Crippen LogP contribution >= 0.6 is 0 Å². The van der Waals surface area contributed by atoms with Gasteiger partial charge in [0, 0.05) is 24.0 Å². The van der Waals surface area contributed by atoms with Gasteiger partial charge in [-0.1, -0.05) is 0 Å². The van der Waals surface area contributed by atoms with Crippen molar-refractivity contribution in [1.82, 2.24) is 4.57 Å². The molecule has 0 atom stereocenters. The second-order valence-electron chi connectivity index (χ2n) is 3.02. The quantitative estimate of drug-likeness (QED) is 0.586. The summed E-state index contributed by atoms with van der Waals surface area (Å²) in [5.74, 6) is 0.122. The minimum atomic E-state index is 0.122. The third-order valence-electron chi connectivity index (χ3n) is 2.12. The van der Waals surface area contributed by atoms with Crippen LogP contribution in [0.5, 0.6) is 0 Å². The van der Waals surface area contributed by atoms with Crippen LogP contribution in [0.25, 0.3) is 0 Å². The number of fused-ring (bicyclic) bond motifs is 1. The average molecular weight is 165 g/mol. The van der Waals surface area contributed by atoms with Crippen LogP contribution < -0.4 is 0 Å². The fourth-order valence-electron chi connectivity index (χ4n) is 1.42. The number of hydrogen-bond donors (Lipinski definition) is 0. The molecule has 0 fully saturated rings. The van der Waals surface area contributed by atoms with Gasteiger partial charge in [-0.25, -0.2) is 0 Å². The van der Waals surface area contributed by atoms with Gasteiger partial charge in [0.15, 0.2) is 5.78 Å². The first-order chi connectivity index (χ1) is 5.77. The summed E-state index contributed by atoms with van der Waals surface area (Å²) < 4.78 is 7.34. The van der Waals surface area contributed by atoms with Crippen molar-refractivity contribution < 1.29 is 9.53 Å². The molecule has 0 saturated heterocycles. The van der Waals surface area contributed by atoms with Gasteiger partial charge in [-0.15, -0.1) is 0 Å². The van der Waals surface area contributed by atoms with Gasteiger partial charge >= 0.3 is 0 Å². The van der Waals surface area contributed by atoms with Crippen LogP contribution in [0.1, 0.15) is 23.0 Å². The zero-order valence-electron chi connectivity index (χ0n) is 7.04. The Labute approximate surface area is 70.9 Å². The highest BCUT2D eigenvalue weighted by Gasteiger charge is 2.12. The molecule has 1 aliphatic rings. The van der Waals surface area contributed by atoms with Crippen LogP contribution in [0.3, 0.4) is 0 Å². The zero-order valence-corrected chi connectivity index (χ0v) is 7.04. The van der Waals surface area contributed by atoms with E-state index < -0.39 is 0 Å². The van der Waals surface area contributed by atoms with E-state index in [0.717, 1.165) is 24.4 Å². The summed E-state index contributed by atoms with van der Waals surface area (Å²) in [4.78, 5) is 11.0. The number of nitrogens with zero attached hydrogens (tertiary/aromatic N) is 1. The largest absolute Gasteiger partial charge is 0.373 e. The molecule has 0 saturated carbocycles. The Hall–Kier alpha value is -1.09. The van der Waals surface area contributed by atoms with Crippen LogP contribution in [0.2, 0.25) is 0 Å². The molecule has 0 amide bonds. The van der Waals surface area contributed by atoms with Crippen LogP contribution in [0.15, 0.2) is 12.3 Å². The molecule has 3 nitrogen and oxygen atoms in total. The third kappa shape index (κ3) is 1.16. The lowest BCUT2D eigenvalue weighted by Crippen LogP contribution is -2.14. The van der Waals surface area contributed by atoms with E-state index in [0.29, 0.717) is 6.61 Å². The summed E-state index contributed by atoms with van der Waals surface area (Å²) in [6, 6.07) is 1.90. The second-order valence-corrected chi connectivity index (χ2v) is 3.02. The molecule has 1 aliphatic heterocycles. The lowest BCUT2D eigenvalue weighted by atomic mass is 10.2. The Bertz CT molecular complexity index is 291. The summed E-state index contributed by atoms with van der Waals surface area (Å²) in [6.07, 6.45) is 1.90. The summed E-state index contributed by atoms with van der Waals surface area (Å²) in [5, 5.41) is 0. The lowest BCUT2D eigenvalue weighted by molar-refractivity contribution is 0.0850. The summed E-state index contributed by atoms with van der Waals surface area (Å²) in [7, 11) is 0. The molecule has 0 N–H and O–H groups in total. The molecule has 1 aromatic rings. The molecule has 0 spiro atoms. The standard InChI is InChI=1S/C9H11NO2/c1-7(11)8-4-9-6-12-3-2-10(9)5-8/h4-5H,2-3,6H2,1H3. The average Bonchev–Trinajstić information content (AvgIpc) is 2.46. The first kappa shape index (κ1) is 7.55. The van der Waals surface area contributed by atoms with Gasteiger partial charge in [0.05, 0.1) is 13.2 Å². The van der Waals surface area contributed by atoms with Gasteiger partial charge < -0.3 is 9.30 Å². The van der Waals surface area contributed by atoms with Crippen LogP contribution in [-0.2, 0) is 17.9 Å². The SMILES string of the molecule is CC(=O)c1cc2n(c1)CCOC2. The monoisotopic (exact) mass is 165 g/mol. The fraction of sp³-hybridized carbons (Fsp3) is 0.444. The van der Waals surface area contributed by atoms with Gasteiger partial charge in [0.1, 0.15) is 0 Å². The molecule has 0 aromatic carbocycles. The number of carbonyl (C=O) groups is 1. The van der Waals surface area contributed by atoms with Crippen LogP contribution in [-0.4, -0.2) is 17.0 Å². The molecular formula is C9H11NO2. The Kier molecular flexibility index (Phi) is 1.73. The van der Waals surface area contributed by atoms with Gasteiger partial charge in [-0.05, 0) is 13.0 Å². The van der Waals surface area contributed by atoms with Crippen molar-refractivity contribution in [1.29, 1.82) is 0 Å². The van der Waals surface area contributed by atoms with E-state index in [-0.39, 0.29) is 5.78 Å². The van der Waals surface area contributed by atoms with Gasteiger partial charge in [-0.2, -0.15) is 0 Å². The minimum absolute atomic E-state index is 0.122. The van der Waals surface area contributed by atoms with E-state index in [2.05, 4.69) is 4.57 Å². The number of aromatic nitrogens is 1. The second kappa shape index (κ2) is 2.75. The maximum atomic E-state index is 11.0. The fourth-order valence-corrected chi connectivity index (χ4v) is 1.42. The highest BCUT2D eigenvalue weighted by molar-refractivity contribution is 5.94. The van der Waals surface area contributed by atoms with E-state index in [1.165, 1.54) is 0 Å². The Morgan fingerprint density at radius 1 is 1.67 bits per heavy atom. The van der Waals surface area contributed by atoms with E-state index in [1.54, 1.807) is 6.92 Å². The predicted molar refractivity (Wildman–Crippen MR) is 44.1 cm³/mol. The highest BCUT2D eigenvalue weighted by Crippen LogP contribution is 2.14. The molecule has 0 radical (unpaired) electrons. The normalized spacial score (nSPS) is 15.8. The topological polar surface area (TPSA) is 31.2 Å². The molecule has 3 heteroatoms. The Morgan fingerprint density at radius 3 is 3.17 bits per heavy atom. The molecule has 0 aliphatic carbocycles. The van der Waals surface area contributed by atoms with Crippen molar-refractivity contribution in [2.75, 3.05) is 6.61 Å². The number of hydrogen-bond acceptors (Lipinski definition) is 2. The smallest absolute Gasteiger partial charge is 0.161 e. The third-order valence-corrected chi connectivity index (χ3v) is 2.12. The van der Waals surface area contributed by atoms with Crippen LogP contribution in [0.4, 0.5) is 0 Å². The van der Waals surface area contributed by atoms with Gasteiger partial charge in [0.25, 0.3) is 0 Å². The lowest BCUT2D eigenvalue weighted by Gasteiger charge is -2.14. The van der Waals surface area contributed by atoms with Crippen molar-refractivity contribution in [2.24, 2.45) is 0 Å². The Balaban J connectivity index is 2.38. The Morgan fingerprint density at radius 2 is 2.50 bits per heavy atom. The number of carbonyl (C=O) groups excluding carboxylic acids is 1. The van der Waals surface area contributed by atoms with Crippen molar-refractivity contribution in [3.05, 3.63) is 23.5 Å². The van der Waals surface area contributed by atoms with Crippen molar-refractivity contribution in [2.45, 2.75) is 20.1 Å². The molecule has 64 valence electrons. The number of Topliss-reactive ketones (excluding diaryl/α,β-unsaturated/α-hetero) is 1. The molecule has 2 rings (SSSR count). The van der Waals surface area contributed by atoms with E-state index in [1.807, 2.05) is 12.3 Å². The van der Waals surface area contributed by atoms with E-state index in [4.69, 9.17) is 4.74 Å². The maximum Gasteiger partial charge on any atom is 0.161 e. The van der Waals surface area contributed by atoms with E-state index >= 15 is 0 Å². The minimum Gasteiger partial charge on any atom is -0.373 e. The van der Waals surface area contributed by atoms with Crippen molar-refractivity contribution in [3.8, 4) is 0 Å². The molecule has 12 heavy (non-hydrogen) atoms. The summed E-state index contributed by atoms with van der Waals surface area (Å²) >= 11 is 0. The number of rotatable bonds is 1. The predicted octanol–water partition coefficient (Wildman–Crippen LogP) is 1.22. The first-order valence-electron chi connectivity index (χ1n) is 4.05. The van der Waals surface area contributed by atoms with Crippen LogP contribution in [0, 0.1) is 0 Å². The van der Waals surface area contributed by atoms with Crippen molar-refractivity contribution >= 4 is 5.78 Å². The molecular weight excluding hydrogens is 154 g/mol. The molecule has 1 aromatic heterocycles. The first-order valence-corrected chi connectivity index (χ1v) is 4.05. The highest BCUT2D eigenvalue weighted by atomic mass is 16.5. The zero-order chi connectivity index (χ0) is 8.55. The number of ether oxygens (including phenoxy) is 1. The van der Waals surface area contributed by atoms with Crippen molar-refractivity contribution in [3.63, 3.8) is 0 Å². The molecule has 2 heterocycles. The summed E-state index contributed by atoms with van der Waals surface area (Å²) in [5.41, 5.74) is 1.89. The number of ketones is 1. The van der Waals surface area contributed by atoms with Gasteiger partial charge in [0.2, 0.25) is 0 Å². The maximum absolute atomic E-state index is 11.0.